The van der Waals surface area contributed by atoms with Crippen molar-refractivity contribution in [1.29, 1.82) is 0 Å². The van der Waals surface area contributed by atoms with E-state index in [-0.39, 0.29) is 6.04 Å². The van der Waals surface area contributed by atoms with E-state index in [1.165, 1.54) is 18.0 Å². The third kappa shape index (κ3) is 4.32. The summed E-state index contributed by atoms with van der Waals surface area (Å²) in [7, 11) is -3.12. The summed E-state index contributed by atoms with van der Waals surface area (Å²) in [6.45, 7) is 3.57. The van der Waals surface area contributed by atoms with Gasteiger partial charge >= 0.3 is 0 Å². The molecule has 6 nitrogen and oxygen atoms in total. The minimum atomic E-state index is -3.12. The lowest BCUT2D eigenvalue weighted by Gasteiger charge is -2.32. The summed E-state index contributed by atoms with van der Waals surface area (Å²) in [5, 5.41) is 0.774. The van der Waals surface area contributed by atoms with E-state index >= 15 is 0 Å². The maximum Gasteiger partial charge on any atom is 0.208 e. The molecule has 0 radical (unpaired) electrons. The number of aryl methyl sites for hydroxylation is 1. The van der Waals surface area contributed by atoms with Crippen molar-refractivity contribution in [2.75, 3.05) is 30.5 Å². The van der Waals surface area contributed by atoms with Crippen molar-refractivity contribution in [1.82, 2.24) is 14.7 Å². The van der Waals surface area contributed by atoms with Crippen molar-refractivity contribution in [2.24, 2.45) is 0 Å². The molecular weight excluding hydrogens is 296 g/mol. The molecule has 20 heavy (non-hydrogen) atoms. The summed E-state index contributed by atoms with van der Waals surface area (Å²) in [5.41, 5.74) is 0.954. The van der Waals surface area contributed by atoms with Crippen LogP contribution in [0.25, 0.3) is 0 Å². The number of thioether (sulfide) groups is 1. The van der Waals surface area contributed by atoms with E-state index in [4.69, 9.17) is 0 Å². The first kappa shape index (κ1) is 15.5. The molecule has 112 valence electrons. The van der Waals surface area contributed by atoms with Crippen molar-refractivity contribution >= 4 is 27.6 Å². The van der Waals surface area contributed by atoms with Crippen LogP contribution in [0.2, 0.25) is 0 Å². The molecule has 2 rings (SSSR count). The molecule has 1 fully saturated rings. The normalized spacial score (nSPS) is 17.4. The highest BCUT2D eigenvalue weighted by Crippen LogP contribution is 2.21. The summed E-state index contributed by atoms with van der Waals surface area (Å²) in [4.78, 5) is 11.0. The van der Waals surface area contributed by atoms with E-state index in [1.54, 1.807) is 0 Å². The molecule has 1 aromatic rings. The van der Waals surface area contributed by atoms with E-state index in [0.29, 0.717) is 0 Å². The maximum absolute atomic E-state index is 11.2. The zero-order chi connectivity index (χ0) is 14.8. The van der Waals surface area contributed by atoms with Crippen LogP contribution in [0.5, 0.6) is 0 Å². The average molecular weight is 316 g/mol. The third-order valence-electron chi connectivity index (χ3n) is 3.20. The second-order valence-corrected chi connectivity index (χ2v) is 7.56. The largest absolute Gasteiger partial charge is 0.356 e. The van der Waals surface area contributed by atoms with Crippen molar-refractivity contribution in [3.8, 4) is 0 Å². The standard InChI is InChI=1S/C12H20N4O2S2/c1-9-8-11(14-12(13-9)19-2)16-6-4-10(5-7-16)15-20(3,17)18/h8,10,15H,4-7H2,1-3H3. The second kappa shape index (κ2) is 6.28. The van der Waals surface area contributed by atoms with Gasteiger partial charge in [0.05, 0.1) is 6.26 Å². The summed E-state index contributed by atoms with van der Waals surface area (Å²) in [6.07, 6.45) is 4.76. The summed E-state index contributed by atoms with van der Waals surface area (Å²) < 4.78 is 25.1. The van der Waals surface area contributed by atoms with Crippen LogP contribution in [0.1, 0.15) is 18.5 Å². The van der Waals surface area contributed by atoms with Crippen LogP contribution in [0.15, 0.2) is 11.2 Å². The van der Waals surface area contributed by atoms with E-state index < -0.39 is 10.0 Å². The number of hydrogen-bond acceptors (Lipinski definition) is 6. The Balaban J connectivity index is 2.02. The Bertz CT molecular complexity index is 569. The Labute approximate surface area is 124 Å². The number of anilines is 1. The first-order valence-corrected chi connectivity index (χ1v) is 9.61. The molecule has 0 bridgehead atoms. The lowest BCUT2D eigenvalue weighted by atomic mass is 10.1. The monoisotopic (exact) mass is 316 g/mol. The van der Waals surface area contributed by atoms with Gasteiger partial charge in [-0.2, -0.15) is 0 Å². The third-order valence-corrected chi connectivity index (χ3v) is 4.51. The number of sulfonamides is 1. The van der Waals surface area contributed by atoms with Crippen molar-refractivity contribution in [3.63, 3.8) is 0 Å². The molecule has 0 atom stereocenters. The van der Waals surface area contributed by atoms with Crippen LogP contribution < -0.4 is 9.62 Å². The van der Waals surface area contributed by atoms with Crippen molar-refractivity contribution in [2.45, 2.75) is 31.0 Å². The highest BCUT2D eigenvalue weighted by Gasteiger charge is 2.22. The van der Waals surface area contributed by atoms with E-state index in [9.17, 15) is 8.42 Å². The fourth-order valence-electron chi connectivity index (χ4n) is 2.31. The average Bonchev–Trinajstić information content (AvgIpc) is 2.37. The van der Waals surface area contributed by atoms with E-state index in [1.807, 2.05) is 19.2 Å². The Morgan fingerprint density at radius 2 is 2.00 bits per heavy atom. The molecule has 1 aromatic heterocycles. The van der Waals surface area contributed by atoms with Gasteiger partial charge < -0.3 is 4.90 Å². The smallest absolute Gasteiger partial charge is 0.208 e. The Hall–Kier alpha value is -0.860. The van der Waals surface area contributed by atoms with Crippen LogP contribution in [-0.4, -0.2) is 50.0 Å². The summed E-state index contributed by atoms with van der Waals surface area (Å²) >= 11 is 1.53. The van der Waals surface area contributed by atoms with Crippen LogP contribution >= 0.6 is 11.8 Å². The molecule has 1 saturated heterocycles. The number of aromatic nitrogens is 2. The Morgan fingerprint density at radius 3 is 2.55 bits per heavy atom. The topological polar surface area (TPSA) is 75.2 Å². The number of nitrogens with one attached hydrogen (secondary N) is 1. The molecule has 0 aromatic carbocycles. The summed E-state index contributed by atoms with van der Waals surface area (Å²) in [6, 6.07) is 2.01. The molecular formula is C12H20N4O2S2. The lowest BCUT2D eigenvalue weighted by molar-refractivity contribution is 0.459. The lowest BCUT2D eigenvalue weighted by Crippen LogP contribution is -2.44. The van der Waals surface area contributed by atoms with Crippen molar-refractivity contribution < 1.29 is 8.42 Å². The minimum absolute atomic E-state index is 0.0317. The molecule has 1 N–H and O–H groups in total. The van der Waals surface area contributed by atoms with Gasteiger partial charge in [0.1, 0.15) is 5.82 Å². The summed E-state index contributed by atoms with van der Waals surface area (Å²) in [5.74, 6) is 0.930. The quantitative estimate of drug-likeness (QED) is 0.660. The molecule has 2 heterocycles. The molecule has 8 heteroatoms. The fourth-order valence-corrected chi connectivity index (χ4v) is 3.57. The van der Waals surface area contributed by atoms with Gasteiger partial charge in [0.2, 0.25) is 10.0 Å². The first-order valence-electron chi connectivity index (χ1n) is 6.49. The van der Waals surface area contributed by atoms with Gasteiger partial charge in [-0.3, -0.25) is 0 Å². The second-order valence-electron chi connectivity index (χ2n) is 5.01. The predicted molar refractivity (Wildman–Crippen MR) is 81.8 cm³/mol. The SMILES string of the molecule is CSc1nc(C)cc(N2CCC(NS(C)(=O)=O)CC2)n1. The molecule has 0 unspecified atom stereocenters. The maximum atomic E-state index is 11.2. The number of piperidine rings is 1. The predicted octanol–water partition coefficient (Wildman–Crippen LogP) is 1.02. The molecule has 0 aliphatic carbocycles. The van der Waals surface area contributed by atoms with Crippen LogP contribution in [-0.2, 0) is 10.0 Å². The van der Waals surface area contributed by atoms with Gasteiger partial charge in [0.15, 0.2) is 5.16 Å². The van der Waals surface area contributed by atoms with E-state index in [0.717, 1.165) is 42.6 Å². The molecule has 1 aliphatic heterocycles. The molecule has 1 aliphatic rings. The van der Waals surface area contributed by atoms with E-state index in [2.05, 4.69) is 19.6 Å². The fraction of sp³-hybridized carbons (Fsp3) is 0.667. The van der Waals surface area contributed by atoms with Crippen LogP contribution in [0.4, 0.5) is 5.82 Å². The van der Waals surface area contributed by atoms with Gasteiger partial charge in [-0.1, -0.05) is 11.8 Å². The minimum Gasteiger partial charge on any atom is -0.356 e. The van der Waals surface area contributed by atoms with Gasteiger partial charge in [-0.05, 0) is 26.0 Å². The number of nitrogens with zero attached hydrogens (tertiary/aromatic N) is 3. The van der Waals surface area contributed by atoms with Crippen molar-refractivity contribution in [3.05, 3.63) is 11.8 Å². The molecule has 0 saturated carbocycles. The van der Waals surface area contributed by atoms with Crippen LogP contribution in [0, 0.1) is 6.92 Å². The zero-order valence-corrected chi connectivity index (χ0v) is 13.6. The zero-order valence-electron chi connectivity index (χ0n) is 12.0. The molecule has 0 spiro atoms. The number of hydrogen-bond donors (Lipinski definition) is 1. The van der Waals surface area contributed by atoms with Gasteiger partial charge in [0.25, 0.3) is 0 Å². The molecule has 0 amide bonds. The van der Waals surface area contributed by atoms with Crippen LogP contribution in [0.3, 0.4) is 0 Å². The highest BCUT2D eigenvalue weighted by molar-refractivity contribution is 7.98. The van der Waals surface area contributed by atoms with Gasteiger partial charge in [-0.25, -0.2) is 23.1 Å². The van der Waals surface area contributed by atoms with Gasteiger partial charge in [0, 0.05) is 30.9 Å². The highest BCUT2D eigenvalue weighted by atomic mass is 32.2. The Morgan fingerprint density at radius 1 is 1.35 bits per heavy atom. The Kier molecular flexibility index (Phi) is 4.87. The van der Waals surface area contributed by atoms with Gasteiger partial charge in [-0.15, -0.1) is 0 Å². The first-order chi connectivity index (χ1) is 9.37. The number of rotatable bonds is 4.